The number of hydrogen-bond donors (Lipinski definition) is 4. The highest BCUT2D eigenvalue weighted by atomic mass is 16.7. The number of rotatable bonds is 15. The monoisotopic (exact) mass is 813 g/mol. The molecule has 7 rings (SSSR count). The third kappa shape index (κ3) is 8.94. The third-order valence-corrected chi connectivity index (χ3v) is 13.3. The smallest absolute Gasteiger partial charge is 0.252 e. The van der Waals surface area contributed by atoms with Crippen LogP contribution in [0.1, 0.15) is 62.0 Å². The number of ether oxygens (including phenoxy) is 2. The van der Waals surface area contributed by atoms with Crippen LogP contribution in [0.25, 0.3) is 11.1 Å². The van der Waals surface area contributed by atoms with Crippen LogP contribution in [-0.4, -0.2) is 117 Å². The van der Waals surface area contributed by atoms with Crippen LogP contribution < -0.4 is 25.0 Å². The van der Waals surface area contributed by atoms with E-state index >= 15 is 0 Å². The van der Waals surface area contributed by atoms with Crippen LogP contribution in [0.15, 0.2) is 60.7 Å². The summed E-state index contributed by atoms with van der Waals surface area (Å²) in [6.07, 6.45) is 0.653. The number of methoxy groups -OCH3 is 2. The van der Waals surface area contributed by atoms with E-state index in [9.17, 15) is 24.6 Å². The highest BCUT2D eigenvalue weighted by molar-refractivity contribution is 6.00. The zero-order valence-electron chi connectivity index (χ0n) is 36.2. The van der Waals surface area contributed by atoms with Crippen molar-refractivity contribution in [1.82, 2.24) is 20.6 Å². The summed E-state index contributed by atoms with van der Waals surface area (Å²) >= 11 is 0. The second-order valence-corrected chi connectivity index (χ2v) is 17.7. The molecule has 3 aromatic rings. The van der Waals surface area contributed by atoms with Crippen molar-refractivity contribution in [1.29, 1.82) is 0 Å². The van der Waals surface area contributed by atoms with Gasteiger partial charge in [0.25, 0.3) is 5.91 Å². The molecule has 3 saturated carbocycles. The molecule has 320 valence electrons. The van der Waals surface area contributed by atoms with Gasteiger partial charge in [-0.1, -0.05) is 51.1 Å². The topological polar surface area (TPSA) is 153 Å². The third-order valence-electron chi connectivity index (χ3n) is 13.3. The van der Waals surface area contributed by atoms with Crippen LogP contribution in [0.4, 0.5) is 5.69 Å². The van der Waals surface area contributed by atoms with Gasteiger partial charge in [0, 0.05) is 68.9 Å². The molecule has 1 unspecified atom stereocenters. The van der Waals surface area contributed by atoms with Gasteiger partial charge in [0.15, 0.2) is 0 Å². The van der Waals surface area contributed by atoms with Crippen molar-refractivity contribution in [2.24, 2.45) is 29.1 Å². The van der Waals surface area contributed by atoms with Crippen LogP contribution in [-0.2, 0) is 27.4 Å². The summed E-state index contributed by atoms with van der Waals surface area (Å²) < 4.78 is 11.4. The van der Waals surface area contributed by atoms with Crippen LogP contribution in [0.5, 0.6) is 11.5 Å². The number of amides is 3. The number of para-hydroxylation sites is 1. The molecule has 9 atom stereocenters. The summed E-state index contributed by atoms with van der Waals surface area (Å²) in [5, 5.41) is 29.3. The SMILES string of the molecule is COc1ccc(CC(NC(=O)c2cc(-c3cccc(CN4O[C@@H](CO)[C@@H]([C@H](C)O)[C@H]4C(=O)N[C@H]4C[C@H]5C[C@@H]([C@@H]4C)C5(C)C)c3OC)cc(N(C)C)c2)C(=O)N(C)C)cc1. The number of carbonyl (C=O) groups excluding carboxylic acids is 3. The van der Waals surface area contributed by atoms with Gasteiger partial charge in [-0.15, -0.1) is 0 Å². The summed E-state index contributed by atoms with van der Waals surface area (Å²) in [5.74, 6) is 1.05. The predicted molar refractivity (Wildman–Crippen MR) is 227 cm³/mol. The van der Waals surface area contributed by atoms with Gasteiger partial charge in [-0.3, -0.25) is 19.2 Å². The molecule has 0 radical (unpaired) electrons. The Labute approximate surface area is 348 Å². The molecule has 4 aliphatic rings. The van der Waals surface area contributed by atoms with E-state index in [0.717, 1.165) is 17.7 Å². The largest absolute Gasteiger partial charge is 0.497 e. The number of nitrogens with zero attached hydrogens (tertiary/aromatic N) is 3. The van der Waals surface area contributed by atoms with Gasteiger partial charge in [0.05, 0.1) is 33.5 Å². The van der Waals surface area contributed by atoms with E-state index in [0.29, 0.717) is 51.5 Å². The molecular weight excluding hydrogens is 751 g/mol. The Morgan fingerprint density at radius 1 is 1.00 bits per heavy atom. The van der Waals surface area contributed by atoms with Crippen molar-refractivity contribution in [3.8, 4) is 22.6 Å². The van der Waals surface area contributed by atoms with Crippen LogP contribution in [0, 0.1) is 29.1 Å². The first-order valence-corrected chi connectivity index (χ1v) is 20.6. The van der Waals surface area contributed by atoms with E-state index in [2.05, 4.69) is 31.4 Å². The van der Waals surface area contributed by atoms with Crippen LogP contribution in [0.3, 0.4) is 0 Å². The average Bonchev–Trinajstić information content (AvgIpc) is 3.59. The molecule has 1 aliphatic heterocycles. The fourth-order valence-corrected chi connectivity index (χ4v) is 9.74. The minimum Gasteiger partial charge on any atom is -0.497 e. The number of hydrogen-bond acceptors (Lipinski definition) is 10. The zero-order valence-corrected chi connectivity index (χ0v) is 36.2. The molecule has 0 spiro atoms. The Hall–Kier alpha value is -4.69. The van der Waals surface area contributed by atoms with E-state index in [1.54, 1.807) is 52.4 Å². The minimum atomic E-state index is -0.931. The number of likely N-dealkylation sites (N-methyl/N-ethyl adjacent to an activating group) is 1. The Balaban J connectivity index is 1.29. The van der Waals surface area contributed by atoms with Crippen molar-refractivity contribution in [3.63, 3.8) is 0 Å². The molecule has 59 heavy (non-hydrogen) atoms. The number of anilines is 1. The Morgan fingerprint density at radius 2 is 1.71 bits per heavy atom. The second kappa shape index (κ2) is 17.9. The number of aliphatic hydroxyl groups excluding tert-OH is 2. The van der Waals surface area contributed by atoms with Crippen LogP contribution in [0.2, 0.25) is 0 Å². The molecule has 3 amide bonds. The number of fused-ring (bicyclic) bond motifs is 2. The van der Waals surface area contributed by atoms with Gasteiger partial charge >= 0.3 is 0 Å². The average molecular weight is 814 g/mol. The molecule has 1 heterocycles. The summed E-state index contributed by atoms with van der Waals surface area (Å²) in [6, 6.07) is 16.9. The molecule has 3 aromatic carbocycles. The van der Waals surface area contributed by atoms with Gasteiger partial charge in [-0.2, -0.15) is 5.06 Å². The summed E-state index contributed by atoms with van der Waals surface area (Å²) in [6.45, 7) is 8.25. The maximum atomic E-state index is 14.3. The van der Waals surface area contributed by atoms with E-state index in [1.807, 2.05) is 67.5 Å². The standard InChI is InChI=1S/C46H63N5O8/c1-26-36-22-32(46(36,3)4)23-37(26)47-44(55)41-40(27(2)53)39(25-52)59-51(41)24-29-12-11-13-35(42(29)58-10)30-19-31(21-33(20-30)49(5)6)43(54)48-38(45(56)50(7)8)18-28-14-16-34(57-9)17-15-28/h11-17,19-21,26-27,32,36-41,52-53H,18,22-25H2,1-10H3,(H,47,55)(H,48,54)/t26-,27-,32+,36-,37-,38?,39-,40+,41-/m0/s1. The summed E-state index contributed by atoms with van der Waals surface area (Å²) in [7, 11) is 10.3. The van der Waals surface area contributed by atoms with E-state index < -0.39 is 36.1 Å². The highest BCUT2D eigenvalue weighted by Crippen LogP contribution is 2.61. The lowest BCUT2D eigenvalue weighted by molar-refractivity contribution is -0.183. The lowest BCUT2D eigenvalue weighted by atomic mass is 9.45. The number of nitrogens with one attached hydrogen (secondary N) is 2. The van der Waals surface area contributed by atoms with Crippen molar-refractivity contribution < 1.29 is 38.9 Å². The maximum absolute atomic E-state index is 14.3. The highest BCUT2D eigenvalue weighted by Gasteiger charge is 2.57. The van der Waals surface area contributed by atoms with Gasteiger partial charge in [0.2, 0.25) is 11.8 Å². The first kappa shape index (κ1) is 43.9. The van der Waals surface area contributed by atoms with Gasteiger partial charge in [-0.05, 0) is 84.4 Å². The molecular formula is C46H63N5O8. The number of benzene rings is 3. The van der Waals surface area contributed by atoms with E-state index in [1.165, 1.54) is 11.3 Å². The normalized spacial score (nSPS) is 25.6. The molecule has 3 aliphatic carbocycles. The van der Waals surface area contributed by atoms with Crippen molar-refractivity contribution >= 4 is 23.4 Å². The lowest BCUT2D eigenvalue weighted by Gasteiger charge is -2.62. The first-order chi connectivity index (χ1) is 28.0. The van der Waals surface area contributed by atoms with Gasteiger partial charge < -0.3 is 40.1 Å². The molecule has 2 bridgehead atoms. The Morgan fingerprint density at radius 3 is 2.29 bits per heavy atom. The molecule has 0 aromatic heterocycles. The first-order valence-electron chi connectivity index (χ1n) is 20.6. The lowest BCUT2D eigenvalue weighted by Crippen LogP contribution is -2.62. The number of hydroxylamine groups is 2. The molecule has 4 fully saturated rings. The molecule has 1 saturated heterocycles. The summed E-state index contributed by atoms with van der Waals surface area (Å²) in [4.78, 5) is 51.4. The molecule has 4 N–H and O–H groups in total. The van der Waals surface area contributed by atoms with Crippen molar-refractivity contribution in [3.05, 3.63) is 77.4 Å². The number of carbonyl (C=O) groups is 3. The fourth-order valence-electron chi connectivity index (χ4n) is 9.74. The fraction of sp³-hybridized carbons (Fsp3) is 0.543. The van der Waals surface area contributed by atoms with Crippen molar-refractivity contribution in [2.75, 3.05) is 53.9 Å². The van der Waals surface area contributed by atoms with Gasteiger partial charge in [-0.25, -0.2) is 0 Å². The molecule has 13 heteroatoms. The Bertz CT molecular complexity index is 1980. The second-order valence-electron chi connectivity index (χ2n) is 17.7. The van der Waals surface area contributed by atoms with E-state index in [-0.39, 0.29) is 42.8 Å². The summed E-state index contributed by atoms with van der Waals surface area (Å²) in [5.41, 5.74) is 4.35. The Kier molecular flexibility index (Phi) is 13.3. The molecule has 13 nitrogen and oxygen atoms in total. The number of aliphatic hydroxyl groups is 2. The predicted octanol–water partition coefficient (Wildman–Crippen LogP) is 4.53. The maximum Gasteiger partial charge on any atom is 0.252 e. The zero-order chi connectivity index (χ0) is 42.9. The minimum absolute atomic E-state index is 0.0101. The quantitative estimate of drug-likeness (QED) is 0.172. The van der Waals surface area contributed by atoms with E-state index in [4.69, 9.17) is 14.3 Å². The van der Waals surface area contributed by atoms with Crippen LogP contribution >= 0.6 is 0 Å². The van der Waals surface area contributed by atoms with Gasteiger partial charge in [0.1, 0.15) is 29.7 Å². The van der Waals surface area contributed by atoms with Crippen molar-refractivity contribution in [2.45, 2.75) is 83.8 Å².